The average molecular weight is 302 g/mol. The summed E-state index contributed by atoms with van der Waals surface area (Å²) in [4.78, 5) is 12.0. The third-order valence-electron chi connectivity index (χ3n) is 3.29. The van der Waals surface area contributed by atoms with Crippen LogP contribution in [0.5, 0.6) is 0 Å². The highest BCUT2D eigenvalue weighted by Gasteiger charge is 2.31. The molecule has 2 atom stereocenters. The maximum absolute atomic E-state index is 12.7. The van der Waals surface area contributed by atoms with Crippen LogP contribution in [0.2, 0.25) is 0 Å². The van der Waals surface area contributed by atoms with Crippen LogP contribution in [0, 0.1) is 5.41 Å². The van der Waals surface area contributed by atoms with E-state index in [4.69, 9.17) is 5.73 Å². The van der Waals surface area contributed by atoms with Crippen molar-refractivity contribution < 1.29 is 18.0 Å². The van der Waals surface area contributed by atoms with Crippen molar-refractivity contribution in [3.63, 3.8) is 0 Å². The van der Waals surface area contributed by atoms with Crippen molar-refractivity contribution in [2.75, 3.05) is 0 Å². The molecule has 1 unspecified atom stereocenters. The predicted octanol–water partition coefficient (Wildman–Crippen LogP) is 3.26. The molecule has 1 amide bonds. The minimum absolute atomic E-state index is 0.382. The Morgan fingerprint density at radius 1 is 1.24 bits per heavy atom. The Bertz CT molecular complexity index is 506. The minimum atomic E-state index is -4.40. The van der Waals surface area contributed by atoms with Crippen LogP contribution in [0.25, 0.3) is 0 Å². The van der Waals surface area contributed by atoms with Crippen molar-refractivity contribution in [3.05, 3.63) is 35.4 Å². The monoisotopic (exact) mass is 302 g/mol. The molecule has 0 bridgehead atoms. The van der Waals surface area contributed by atoms with Crippen molar-refractivity contribution in [1.29, 1.82) is 0 Å². The first-order valence-corrected chi connectivity index (χ1v) is 6.66. The number of halogens is 3. The summed E-state index contributed by atoms with van der Waals surface area (Å²) in [5.74, 6) is -0.382. The normalized spacial score (nSPS) is 15.4. The van der Waals surface area contributed by atoms with Crippen LogP contribution in [-0.4, -0.2) is 11.9 Å². The van der Waals surface area contributed by atoms with Gasteiger partial charge in [-0.2, -0.15) is 13.2 Å². The first-order valence-electron chi connectivity index (χ1n) is 6.66. The molecule has 1 aromatic rings. The molecular weight excluding hydrogens is 281 g/mol. The van der Waals surface area contributed by atoms with Gasteiger partial charge in [0.25, 0.3) is 0 Å². The zero-order chi connectivity index (χ0) is 16.4. The SMILES string of the molecule is CC(NC(=O)[C@H](N)C(C)(C)C)c1cccc(C(F)(F)F)c1. The highest BCUT2D eigenvalue weighted by atomic mass is 19.4. The molecule has 0 aromatic heterocycles. The van der Waals surface area contributed by atoms with Crippen LogP contribution >= 0.6 is 0 Å². The highest BCUT2D eigenvalue weighted by Crippen LogP contribution is 2.30. The van der Waals surface area contributed by atoms with Crippen LogP contribution in [-0.2, 0) is 11.0 Å². The largest absolute Gasteiger partial charge is 0.416 e. The number of nitrogens with one attached hydrogen (secondary N) is 1. The van der Waals surface area contributed by atoms with Gasteiger partial charge in [0, 0.05) is 0 Å². The fourth-order valence-electron chi connectivity index (χ4n) is 1.76. The number of hydrogen-bond acceptors (Lipinski definition) is 2. The van der Waals surface area contributed by atoms with E-state index in [0.29, 0.717) is 5.56 Å². The number of benzene rings is 1. The van der Waals surface area contributed by atoms with Crippen LogP contribution in [0.3, 0.4) is 0 Å². The molecular formula is C15H21F3N2O. The molecule has 0 aliphatic heterocycles. The van der Waals surface area contributed by atoms with E-state index >= 15 is 0 Å². The maximum Gasteiger partial charge on any atom is 0.416 e. The fourth-order valence-corrected chi connectivity index (χ4v) is 1.76. The molecule has 3 nitrogen and oxygen atoms in total. The summed E-state index contributed by atoms with van der Waals surface area (Å²) in [5, 5.41) is 2.65. The molecule has 0 spiro atoms. The Balaban J connectivity index is 2.86. The minimum Gasteiger partial charge on any atom is -0.348 e. The Kier molecular flexibility index (Phi) is 5.04. The summed E-state index contributed by atoms with van der Waals surface area (Å²) in [6.07, 6.45) is -4.40. The van der Waals surface area contributed by atoms with Crippen LogP contribution < -0.4 is 11.1 Å². The number of amides is 1. The predicted molar refractivity (Wildman–Crippen MR) is 75.4 cm³/mol. The van der Waals surface area contributed by atoms with Gasteiger partial charge in [0.1, 0.15) is 0 Å². The summed E-state index contributed by atoms with van der Waals surface area (Å²) >= 11 is 0. The molecule has 6 heteroatoms. The number of carbonyl (C=O) groups excluding carboxylic acids is 1. The Morgan fingerprint density at radius 3 is 2.29 bits per heavy atom. The van der Waals surface area contributed by atoms with Crippen LogP contribution in [0.15, 0.2) is 24.3 Å². The molecule has 0 heterocycles. The number of carbonyl (C=O) groups is 1. The Labute approximate surface area is 122 Å². The maximum atomic E-state index is 12.7. The number of hydrogen-bond donors (Lipinski definition) is 2. The second-order valence-electron chi connectivity index (χ2n) is 6.20. The van der Waals surface area contributed by atoms with E-state index in [1.165, 1.54) is 6.07 Å². The van der Waals surface area contributed by atoms with Crippen molar-refractivity contribution >= 4 is 5.91 Å². The van der Waals surface area contributed by atoms with Crippen molar-refractivity contribution in [2.45, 2.75) is 46.0 Å². The lowest BCUT2D eigenvalue weighted by Crippen LogP contribution is -2.49. The van der Waals surface area contributed by atoms with E-state index in [9.17, 15) is 18.0 Å². The first kappa shape index (κ1) is 17.5. The van der Waals surface area contributed by atoms with Gasteiger partial charge in [-0.1, -0.05) is 32.9 Å². The molecule has 21 heavy (non-hydrogen) atoms. The summed E-state index contributed by atoms with van der Waals surface area (Å²) in [5.41, 5.74) is 5.06. The fraction of sp³-hybridized carbons (Fsp3) is 0.533. The summed E-state index contributed by atoms with van der Waals surface area (Å²) in [7, 11) is 0. The Morgan fingerprint density at radius 2 is 1.81 bits per heavy atom. The molecule has 118 valence electrons. The van der Waals surface area contributed by atoms with E-state index in [-0.39, 0.29) is 5.91 Å². The third-order valence-corrected chi connectivity index (χ3v) is 3.29. The Hall–Kier alpha value is -1.56. The van der Waals surface area contributed by atoms with Crippen LogP contribution in [0.4, 0.5) is 13.2 Å². The van der Waals surface area contributed by atoms with Gasteiger partial charge in [0.05, 0.1) is 17.6 Å². The van der Waals surface area contributed by atoms with E-state index in [1.807, 2.05) is 20.8 Å². The van der Waals surface area contributed by atoms with Gasteiger partial charge in [-0.05, 0) is 30.0 Å². The van der Waals surface area contributed by atoms with Gasteiger partial charge < -0.3 is 11.1 Å². The summed E-state index contributed by atoms with van der Waals surface area (Å²) in [6.45, 7) is 7.10. The molecule has 1 rings (SSSR count). The first-order chi connectivity index (χ1) is 9.43. The zero-order valence-electron chi connectivity index (χ0n) is 12.6. The van der Waals surface area contributed by atoms with Gasteiger partial charge in [0.2, 0.25) is 5.91 Å². The van der Waals surface area contributed by atoms with Crippen molar-refractivity contribution in [3.8, 4) is 0 Å². The molecule has 1 aromatic carbocycles. The number of alkyl halides is 3. The summed E-state index contributed by atoms with van der Waals surface area (Å²) < 4.78 is 38.0. The zero-order valence-corrected chi connectivity index (χ0v) is 12.6. The molecule has 0 aliphatic carbocycles. The molecule has 0 fully saturated rings. The lowest BCUT2D eigenvalue weighted by atomic mass is 9.86. The summed E-state index contributed by atoms with van der Waals surface area (Å²) in [6, 6.07) is 3.62. The van der Waals surface area contributed by atoms with Crippen molar-refractivity contribution in [1.82, 2.24) is 5.32 Å². The second-order valence-corrected chi connectivity index (χ2v) is 6.20. The van der Waals surface area contributed by atoms with E-state index in [2.05, 4.69) is 5.32 Å². The molecule has 3 N–H and O–H groups in total. The number of rotatable bonds is 3. The highest BCUT2D eigenvalue weighted by molar-refractivity contribution is 5.82. The lowest BCUT2D eigenvalue weighted by molar-refractivity contribution is -0.137. The van der Waals surface area contributed by atoms with Gasteiger partial charge >= 0.3 is 6.18 Å². The molecule has 0 radical (unpaired) electrons. The van der Waals surface area contributed by atoms with Gasteiger partial charge in [-0.25, -0.2) is 0 Å². The smallest absolute Gasteiger partial charge is 0.348 e. The number of nitrogens with two attached hydrogens (primary N) is 1. The second kappa shape index (κ2) is 6.05. The quantitative estimate of drug-likeness (QED) is 0.900. The lowest BCUT2D eigenvalue weighted by Gasteiger charge is -2.27. The van der Waals surface area contributed by atoms with Gasteiger partial charge in [-0.15, -0.1) is 0 Å². The standard InChI is InChI=1S/C15H21F3N2O/c1-9(20-13(21)12(19)14(2,3)4)10-6-5-7-11(8-10)15(16,17)18/h5-9,12H,19H2,1-4H3,(H,20,21)/t9?,12-/m0/s1. The molecule has 0 saturated heterocycles. The molecule has 0 aliphatic rings. The average Bonchev–Trinajstić information content (AvgIpc) is 2.35. The molecule has 0 saturated carbocycles. The van der Waals surface area contributed by atoms with Crippen molar-refractivity contribution in [2.24, 2.45) is 11.1 Å². The van der Waals surface area contributed by atoms with Gasteiger partial charge in [0.15, 0.2) is 0 Å². The van der Waals surface area contributed by atoms with E-state index in [1.54, 1.807) is 13.0 Å². The third kappa shape index (κ3) is 4.74. The van der Waals surface area contributed by atoms with Crippen LogP contribution in [0.1, 0.15) is 44.9 Å². The van der Waals surface area contributed by atoms with E-state index < -0.39 is 29.2 Å². The van der Waals surface area contributed by atoms with E-state index in [0.717, 1.165) is 12.1 Å². The van der Waals surface area contributed by atoms with Gasteiger partial charge in [-0.3, -0.25) is 4.79 Å². The topological polar surface area (TPSA) is 55.1 Å².